The first kappa shape index (κ1) is 11.1. The first-order valence-corrected chi connectivity index (χ1v) is 5.05. The van der Waals surface area contributed by atoms with Gasteiger partial charge >= 0.3 is 0 Å². The van der Waals surface area contributed by atoms with Crippen LogP contribution in [0.15, 0.2) is 18.2 Å². The molecule has 0 unspecified atom stereocenters. The van der Waals surface area contributed by atoms with E-state index < -0.39 is 0 Å². The van der Waals surface area contributed by atoms with Crippen LogP contribution < -0.4 is 10.5 Å². The van der Waals surface area contributed by atoms with Gasteiger partial charge in [-0.05, 0) is 42.1 Å². The number of nitrogens with two attached hydrogens (primary N) is 1. The molecule has 0 saturated carbocycles. The van der Waals surface area contributed by atoms with E-state index in [2.05, 4.69) is 32.0 Å². The Morgan fingerprint density at radius 2 is 2.00 bits per heavy atom. The minimum absolute atomic E-state index is 0.529. The molecular weight excluding hydrogens is 174 g/mol. The van der Waals surface area contributed by atoms with Crippen LogP contribution in [0.4, 0.5) is 0 Å². The van der Waals surface area contributed by atoms with Crippen molar-refractivity contribution in [1.82, 2.24) is 0 Å². The molecular formula is C12H19NO. The summed E-state index contributed by atoms with van der Waals surface area (Å²) in [7, 11) is 1.70. The van der Waals surface area contributed by atoms with Crippen molar-refractivity contribution < 1.29 is 4.74 Å². The first-order valence-electron chi connectivity index (χ1n) is 5.05. The van der Waals surface area contributed by atoms with Crippen LogP contribution in [0, 0.1) is 0 Å². The summed E-state index contributed by atoms with van der Waals surface area (Å²) in [5, 5.41) is 0. The molecule has 0 amide bonds. The highest BCUT2D eigenvalue weighted by Crippen LogP contribution is 2.22. The molecule has 1 aromatic rings. The van der Waals surface area contributed by atoms with Gasteiger partial charge in [-0.2, -0.15) is 0 Å². The number of hydrogen-bond donors (Lipinski definition) is 1. The standard InChI is InChI=1S/C12H19NO/c1-9(2)11-6-10(4-5-13)7-12(8-11)14-3/h6-9H,4-5,13H2,1-3H3. The number of rotatable bonds is 4. The Labute approximate surface area is 86.1 Å². The summed E-state index contributed by atoms with van der Waals surface area (Å²) >= 11 is 0. The van der Waals surface area contributed by atoms with Crippen molar-refractivity contribution in [2.75, 3.05) is 13.7 Å². The van der Waals surface area contributed by atoms with E-state index in [1.807, 2.05) is 0 Å². The lowest BCUT2D eigenvalue weighted by Gasteiger charge is -2.10. The lowest BCUT2D eigenvalue weighted by molar-refractivity contribution is 0.413. The number of ether oxygens (including phenoxy) is 1. The predicted octanol–water partition coefficient (Wildman–Crippen LogP) is 2.32. The fourth-order valence-electron chi connectivity index (χ4n) is 1.45. The van der Waals surface area contributed by atoms with Crippen molar-refractivity contribution >= 4 is 0 Å². The minimum atomic E-state index is 0.529. The Morgan fingerprint density at radius 1 is 1.29 bits per heavy atom. The summed E-state index contributed by atoms with van der Waals surface area (Å²) in [6.07, 6.45) is 0.914. The van der Waals surface area contributed by atoms with E-state index in [9.17, 15) is 0 Å². The molecule has 0 heterocycles. The number of hydrogen-bond acceptors (Lipinski definition) is 2. The van der Waals surface area contributed by atoms with Crippen molar-refractivity contribution in [2.45, 2.75) is 26.2 Å². The van der Waals surface area contributed by atoms with Crippen LogP contribution in [-0.2, 0) is 6.42 Å². The van der Waals surface area contributed by atoms with Gasteiger partial charge in [0, 0.05) is 0 Å². The molecule has 0 fully saturated rings. The number of benzene rings is 1. The lowest BCUT2D eigenvalue weighted by atomic mass is 9.99. The fourth-order valence-corrected chi connectivity index (χ4v) is 1.45. The average Bonchev–Trinajstić information content (AvgIpc) is 2.17. The SMILES string of the molecule is COc1cc(CCN)cc(C(C)C)c1. The highest BCUT2D eigenvalue weighted by atomic mass is 16.5. The smallest absolute Gasteiger partial charge is 0.119 e. The van der Waals surface area contributed by atoms with Gasteiger partial charge in [0.1, 0.15) is 5.75 Å². The van der Waals surface area contributed by atoms with E-state index in [1.54, 1.807) is 7.11 Å². The molecule has 0 spiro atoms. The van der Waals surface area contributed by atoms with E-state index in [0.29, 0.717) is 12.5 Å². The van der Waals surface area contributed by atoms with E-state index in [4.69, 9.17) is 10.5 Å². The third-order valence-corrected chi connectivity index (χ3v) is 2.32. The normalized spacial score (nSPS) is 10.6. The van der Waals surface area contributed by atoms with Gasteiger partial charge < -0.3 is 10.5 Å². The molecule has 2 nitrogen and oxygen atoms in total. The fraction of sp³-hybridized carbons (Fsp3) is 0.500. The van der Waals surface area contributed by atoms with Gasteiger partial charge in [-0.25, -0.2) is 0 Å². The first-order chi connectivity index (χ1) is 6.67. The quantitative estimate of drug-likeness (QED) is 0.796. The Hall–Kier alpha value is -1.02. The van der Waals surface area contributed by atoms with Crippen molar-refractivity contribution in [3.63, 3.8) is 0 Å². The minimum Gasteiger partial charge on any atom is -0.497 e. The third-order valence-electron chi connectivity index (χ3n) is 2.32. The van der Waals surface area contributed by atoms with E-state index >= 15 is 0 Å². The molecule has 2 N–H and O–H groups in total. The molecule has 0 saturated heterocycles. The molecule has 0 aliphatic heterocycles. The Morgan fingerprint density at radius 3 is 2.50 bits per heavy atom. The van der Waals surface area contributed by atoms with Gasteiger partial charge in [-0.1, -0.05) is 19.9 Å². The molecule has 78 valence electrons. The van der Waals surface area contributed by atoms with Crippen LogP contribution in [0.1, 0.15) is 30.9 Å². The van der Waals surface area contributed by atoms with Gasteiger partial charge in [-0.15, -0.1) is 0 Å². The summed E-state index contributed by atoms with van der Waals surface area (Å²) in [5.74, 6) is 1.46. The van der Waals surface area contributed by atoms with E-state index in [0.717, 1.165) is 12.2 Å². The van der Waals surface area contributed by atoms with Gasteiger partial charge in [0.15, 0.2) is 0 Å². The maximum absolute atomic E-state index is 5.54. The monoisotopic (exact) mass is 193 g/mol. The molecule has 1 rings (SSSR count). The van der Waals surface area contributed by atoms with Crippen LogP contribution in [0.25, 0.3) is 0 Å². The maximum atomic E-state index is 5.54. The second-order valence-electron chi connectivity index (χ2n) is 3.81. The second kappa shape index (κ2) is 5.01. The van der Waals surface area contributed by atoms with Crippen LogP contribution in [0.5, 0.6) is 5.75 Å². The second-order valence-corrected chi connectivity index (χ2v) is 3.81. The van der Waals surface area contributed by atoms with Crippen LogP contribution in [-0.4, -0.2) is 13.7 Å². The topological polar surface area (TPSA) is 35.2 Å². The molecule has 0 radical (unpaired) electrons. The maximum Gasteiger partial charge on any atom is 0.119 e. The highest BCUT2D eigenvalue weighted by molar-refractivity contribution is 5.36. The Balaban J connectivity index is 3.00. The molecule has 0 aliphatic carbocycles. The zero-order valence-electron chi connectivity index (χ0n) is 9.21. The summed E-state index contributed by atoms with van der Waals surface area (Å²) in [4.78, 5) is 0. The van der Waals surface area contributed by atoms with E-state index in [1.165, 1.54) is 11.1 Å². The molecule has 0 aliphatic rings. The third kappa shape index (κ3) is 2.74. The molecule has 0 bridgehead atoms. The van der Waals surface area contributed by atoms with Gasteiger partial charge in [0.2, 0.25) is 0 Å². The van der Waals surface area contributed by atoms with Crippen molar-refractivity contribution in [1.29, 1.82) is 0 Å². The lowest BCUT2D eigenvalue weighted by Crippen LogP contribution is -2.03. The average molecular weight is 193 g/mol. The summed E-state index contributed by atoms with van der Waals surface area (Å²) in [5.41, 5.74) is 8.11. The van der Waals surface area contributed by atoms with Crippen molar-refractivity contribution in [3.05, 3.63) is 29.3 Å². The van der Waals surface area contributed by atoms with Crippen LogP contribution >= 0.6 is 0 Å². The Bertz CT molecular complexity index is 294. The molecule has 14 heavy (non-hydrogen) atoms. The number of methoxy groups -OCH3 is 1. The van der Waals surface area contributed by atoms with Crippen LogP contribution in [0.2, 0.25) is 0 Å². The van der Waals surface area contributed by atoms with Gasteiger partial charge in [0.25, 0.3) is 0 Å². The summed E-state index contributed by atoms with van der Waals surface area (Å²) < 4.78 is 5.25. The molecule has 2 heteroatoms. The van der Waals surface area contributed by atoms with Gasteiger partial charge in [0.05, 0.1) is 7.11 Å². The van der Waals surface area contributed by atoms with E-state index in [-0.39, 0.29) is 0 Å². The molecule has 0 aromatic heterocycles. The molecule has 1 aromatic carbocycles. The van der Waals surface area contributed by atoms with Crippen molar-refractivity contribution in [3.8, 4) is 5.75 Å². The summed E-state index contributed by atoms with van der Waals surface area (Å²) in [6, 6.07) is 6.35. The summed E-state index contributed by atoms with van der Waals surface area (Å²) in [6.45, 7) is 5.05. The zero-order chi connectivity index (χ0) is 10.6. The van der Waals surface area contributed by atoms with Crippen molar-refractivity contribution in [2.24, 2.45) is 5.73 Å². The van der Waals surface area contributed by atoms with Gasteiger partial charge in [-0.3, -0.25) is 0 Å². The van der Waals surface area contributed by atoms with Crippen LogP contribution in [0.3, 0.4) is 0 Å². The highest BCUT2D eigenvalue weighted by Gasteiger charge is 2.04. The zero-order valence-corrected chi connectivity index (χ0v) is 9.21. The largest absolute Gasteiger partial charge is 0.497 e. The molecule has 0 atom stereocenters. The Kier molecular flexibility index (Phi) is 3.96. The predicted molar refractivity (Wildman–Crippen MR) is 59.8 cm³/mol.